The predicted octanol–water partition coefficient (Wildman–Crippen LogP) is 6.87. The Hall–Kier alpha value is -2.89. The molecule has 1 aromatic heterocycles. The van der Waals surface area contributed by atoms with Crippen molar-refractivity contribution in [2.24, 2.45) is 5.92 Å². The van der Waals surface area contributed by atoms with Crippen LogP contribution in [-0.2, 0) is 33.6 Å². The molecule has 1 amide bonds. The van der Waals surface area contributed by atoms with Gasteiger partial charge in [0.05, 0.1) is 19.1 Å². The Morgan fingerprint density at radius 3 is 2.05 bits per heavy atom. The number of aromatic nitrogens is 1. The van der Waals surface area contributed by atoms with Crippen LogP contribution < -0.4 is 4.74 Å². The standard InChI is InChI=1S/C34H48N2O4/c1-3-26-15-18-29(35-25-26)21-22-40-32-19-16-27(17-20-32)23-28(34(38)39-4-2)24-33(37)36(30-11-7-5-8-12-30)31-13-9-6-10-14-31/h15-20,25,28,30-31H,3-14,21-24H2,1-2H3. The summed E-state index contributed by atoms with van der Waals surface area (Å²) in [6.45, 7) is 4.82. The van der Waals surface area contributed by atoms with Gasteiger partial charge in [-0.05, 0) is 74.8 Å². The van der Waals surface area contributed by atoms with Crippen LogP contribution >= 0.6 is 0 Å². The van der Waals surface area contributed by atoms with E-state index in [2.05, 4.69) is 28.9 Å². The van der Waals surface area contributed by atoms with Crippen LogP contribution in [0.2, 0.25) is 0 Å². The summed E-state index contributed by atoms with van der Waals surface area (Å²) in [5.74, 6) is 0.173. The summed E-state index contributed by atoms with van der Waals surface area (Å²) in [4.78, 5) is 33.6. The summed E-state index contributed by atoms with van der Waals surface area (Å²) < 4.78 is 11.4. The highest BCUT2D eigenvalue weighted by atomic mass is 16.5. The molecule has 4 rings (SSSR count). The minimum absolute atomic E-state index is 0.136. The third kappa shape index (κ3) is 8.81. The van der Waals surface area contributed by atoms with Gasteiger partial charge >= 0.3 is 5.97 Å². The lowest BCUT2D eigenvalue weighted by atomic mass is 9.87. The molecular weight excluding hydrogens is 500 g/mol. The minimum atomic E-state index is -0.480. The van der Waals surface area contributed by atoms with Crippen molar-refractivity contribution in [1.82, 2.24) is 9.88 Å². The number of hydrogen-bond donors (Lipinski definition) is 0. The number of rotatable bonds is 13. The second-order valence-corrected chi connectivity index (χ2v) is 11.5. The molecular formula is C34H48N2O4. The fourth-order valence-electron chi connectivity index (χ4n) is 6.33. The van der Waals surface area contributed by atoms with E-state index in [1.165, 1.54) is 44.1 Å². The van der Waals surface area contributed by atoms with Gasteiger partial charge in [-0.2, -0.15) is 0 Å². The predicted molar refractivity (Wildman–Crippen MR) is 158 cm³/mol. The van der Waals surface area contributed by atoms with E-state index >= 15 is 0 Å². The van der Waals surface area contributed by atoms with Crippen molar-refractivity contribution in [3.63, 3.8) is 0 Å². The Balaban J connectivity index is 1.37. The molecule has 2 aromatic rings. The lowest BCUT2D eigenvalue weighted by Crippen LogP contribution is -2.49. The molecule has 0 saturated heterocycles. The molecule has 1 aromatic carbocycles. The van der Waals surface area contributed by atoms with Crippen molar-refractivity contribution in [3.8, 4) is 5.75 Å². The van der Waals surface area contributed by atoms with E-state index in [-0.39, 0.29) is 18.3 Å². The van der Waals surface area contributed by atoms with E-state index in [1.807, 2.05) is 37.4 Å². The van der Waals surface area contributed by atoms with Crippen molar-refractivity contribution < 1.29 is 19.1 Å². The van der Waals surface area contributed by atoms with Gasteiger partial charge in [-0.25, -0.2) is 0 Å². The Kier molecular flexibility index (Phi) is 11.9. The maximum absolute atomic E-state index is 13.9. The molecule has 40 heavy (non-hydrogen) atoms. The average molecular weight is 549 g/mol. The summed E-state index contributed by atoms with van der Waals surface area (Å²) in [5.41, 5.74) is 3.27. The van der Waals surface area contributed by atoms with Crippen LogP contribution in [0, 0.1) is 5.92 Å². The van der Waals surface area contributed by atoms with E-state index < -0.39 is 5.92 Å². The first-order valence-electron chi connectivity index (χ1n) is 15.7. The number of ether oxygens (including phenoxy) is 2. The Morgan fingerprint density at radius 1 is 0.875 bits per heavy atom. The number of benzene rings is 1. The van der Waals surface area contributed by atoms with Crippen molar-refractivity contribution >= 4 is 11.9 Å². The van der Waals surface area contributed by atoms with E-state index in [1.54, 1.807) is 0 Å². The molecule has 0 radical (unpaired) electrons. The van der Waals surface area contributed by atoms with Gasteiger partial charge in [0, 0.05) is 36.8 Å². The molecule has 0 aliphatic heterocycles. The van der Waals surface area contributed by atoms with E-state index in [0.29, 0.717) is 31.7 Å². The number of esters is 1. The molecule has 6 nitrogen and oxygen atoms in total. The highest BCUT2D eigenvalue weighted by molar-refractivity contribution is 5.83. The quantitative estimate of drug-likeness (QED) is 0.256. The first-order valence-corrected chi connectivity index (χ1v) is 15.7. The van der Waals surface area contributed by atoms with Gasteiger partial charge in [0.25, 0.3) is 0 Å². The van der Waals surface area contributed by atoms with Gasteiger partial charge in [-0.15, -0.1) is 0 Å². The molecule has 0 bridgehead atoms. The first-order chi connectivity index (χ1) is 19.6. The zero-order valence-corrected chi connectivity index (χ0v) is 24.6. The van der Waals surface area contributed by atoms with E-state index in [4.69, 9.17) is 9.47 Å². The Bertz CT molecular complexity index is 1020. The molecule has 1 unspecified atom stereocenters. The highest BCUT2D eigenvalue weighted by Crippen LogP contribution is 2.32. The zero-order valence-electron chi connectivity index (χ0n) is 24.6. The molecule has 2 saturated carbocycles. The van der Waals surface area contributed by atoms with Crippen LogP contribution in [0.5, 0.6) is 5.75 Å². The summed E-state index contributed by atoms with van der Waals surface area (Å²) in [5, 5.41) is 0. The highest BCUT2D eigenvalue weighted by Gasteiger charge is 2.35. The monoisotopic (exact) mass is 548 g/mol. The number of carbonyl (C=O) groups excluding carboxylic acids is 2. The zero-order chi connectivity index (χ0) is 28.2. The first kappa shape index (κ1) is 30.1. The van der Waals surface area contributed by atoms with Crippen molar-refractivity contribution in [2.75, 3.05) is 13.2 Å². The molecule has 1 atom stereocenters. The molecule has 1 heterocycles. The molecule has 218 valence electrons. The average Bonchev–Trinajstić information content (AvgIpc) is 2.99. The number of nitrogens with zero attached hydrogens (tertiary/aromatic N) is 2. The molecule has 2 aliphatic rings. The van der Waals surface area contributed by atoms with Crippen LogP contribution in [0.4, 0.5) is 0 Å². The van der Waals surface area contributed by atoms with Gasteiger partial charge in [-0.1, -0.05) is 63.6 Å². The van der Waals surface area contributed by atoms with Gasteiger partial charge < -0.3 is 14.4 Å². The fourth-order valence-corrected chi connectivity index (χ4v) is 6.33. The molecule has 2 aliphatic carbocycles. The third-order valence-corrected chi connectivity index (χ3v) is 8.59. The van der Waals surface area contributed by atoms with Crippen molar-refractivity contribution in [3.05, 3.63) is 59.4 Å². The van der Waals surface area contributed by atoms with Crippen molar-refractivity contribution in [2.45, 2.75) is 116 Å². The molecule has 0 spiro atoms. The maximum Gasteiger partial charge on any atom is 0.309 e. The lowest BCUT2D eigenvalue weighted by Gasteiger charge is -2.42. The van der Waals surface area contributed by atoms with Crippen LogP contribution in [0.3, 0.4) is 0 Å². The second-order valence-electron chi connectivity index (χ2n) is 11.5. The summed E-state index contributed by atoms with van der Waals surface area (Å²) in [7, 11) is 0. The summed E-state index contributed by atoms with van der Waals surface area (Å²) in [6, 6.07) is 12.7. The van der Waals surface area contributed by atoms with Gasteiger partial charge in [0.2, 0.25) is 5.91 Å². The van der Waals surface area contributed by atoms with Gasteiger partial charge in [-0.3, -0.25) is 14.6 Å². The third-order valence-electron chi connectivity index (χ3n) is 8.59. The number of hydrogen-bond acceptors (Lipinski definition) is 5. The smallest absolute Gasteiger partial charge is 0.309 e. The van der Waals surface area contributed by atoms with Crippen molar-refractivity contribution in [1.29, 1.82) is 0 Å². The molecule has 6 heteroatoms. The maximum atomic E-state index is 13.9. The fraction of sp³-hybridized carbons (Fsp3) is 0.618. The van der Waals surface area contributed by atoms with Crippen LogP contribution in [0.1, 0.15) is 101 Å². The topological polar surface area (TPSA) is 68.7 Å². The van der Waals surface area contributed by atoms with Crippen LogP contribution in [0.25, 0.3) is 0 Å². The number of carbonyl (C=O) groups is 2. The van der Waals surface area contributed by atoms with Crippen LogP contribution in [-0.4, -0.2) is 47.1 Å². The van der Waals surface area contributed by atoms with E-state index in [9.17, 15) is 9.59 Å². The van der Waals surface area contributed by atoms with E-state index in [0.717, 1.165) is 55.5 Å². The summed E-state index contributed by atoms with van der Waals surface area (Å²) in [6.07, 6.45) is 16.0. The Morgan fingerprint density at radius 2 is 1.50 bits per heavy atom. The minimum Gasteiger partial charge on any atom is -0.493 e. The number of pyridine rings is 1. The summed E-state index contributed by atoms with van der Waals surface area (Å²) >= 11 is 0. The molecule has 2 fully saturated rings. The Labute approximate surface area is 240 Å². The second kappa shape index (κ2) is 15.8. The SMILES string of the molecule is CCOC(=O)C(CC(=O)N(C1CCCCC1)C1CCCCC1)Cc1ccc(OCCc2ccc(CC)cn2)cc1. The van der Waals surface area contributed by atoms with Gasteiger partial charge in [0.15, 0.2) is 0 Å². The number of amides is 1. The van der Waals surface area contributed by atoms with Gasteiger partial charge in [0.1, 0.15) is 5.75 Å². The molecule has 0 N–H and O–H groups in total. The number of aryl methyl sites for hydroxylation is 1. The largest absolute Gasteiger partial charge is 0.493 e. The normalized spacial score (nSPS) is 17.2. The lowest BCUT2D eigenvalue weighted by molar-refractivity contribution is -0.152. The van der Waals surface area contributed by atoms with Crippen LogP contribution in [0.15, 0.2) is 42.6 Å².